The SMILES string of the molecule is [B]c1cccc(CN2CCN(C(=O)OC(C)(C)C)CC2)c1. The number of piperazine rings is 1. The predicted octanol–water partition coefficient (Wildman–Crippen LogP) is 1.53. The Hall–Kier alpha value is -1.49. The molecule has 1 aliphatic rings. The number of carbonyl (C=O) groups excluding carboxylic acids is 1. The molecule has 0 bridgehead atoms. The maximum atomic E-state index is 12.0. The molecule has 0 N–H and O–H groups in total. The normalized spacial score (nSPS) is 16.8. The van der Waals surface area contributed by atoms with E-state index in [4.69, 9.17) is 12.6 Å². The zero-order valence-electron chi connectivity index (χ0n) is 13.1. The van der Waals surface area contributed by atoms with Gasteiger partial charge in [-0.2, -0.15) is 0 Å². The first-order chi connectivity index (χ1) is 9.83. The van der Waals surface area contributed by atoms with Crippen LogP contribution in [0.4, 0.5) is 4.79 Å². The van der Waals surface area contributed by atoms with E-state index in [2.05, 4.69) is 11.0 Å². The second-order valence-electron chi connectivity index (χ2n) is 6.49. The van der Waals surface area contributed by atoms with Crippen molar-refractivity contribution < 1.29 is 9.53 Å². The second kappa shape index (κ2) is 6.52. The van der Waals surface area contributed by atoms with Crippen molar-refractivity contribution in [1.82, 2.24) is 9.80 Å². The minimum absolute atomic E-state index is 0.217. The fraction of sp³-hybridized carbons (Fsp3) is 0.562. The van der Waals surface area contributed by atoms with Gasteiger partial charge in [0, 0.05) is 32.7 Å². The smallest absolute Gasteiger partial charge is 0.410 e. The Kier molecular flexibility index (Phi) is 4.94. The molecule has 1 fully saturated rings. The van der Waals surface area contributed by atoms with Crippen molar-refractivity contribution in [3.05, 3.63) is 29.8 Å². The summed E-state index contributed by atoms with van der Waals surface area (Å²) in [7, 11) is 5.80. The molecular weight excluding hydrogens is 263 g/mol. The summed E-state index contributed by atoms with van der Waals surface area (Å²) >= 11 is 0. The van der Waals surface area contributed by atoms with E-state index >= 15 is 0 Å². The van der Waals surface area contributed by atoms with Gasteiger partial charge >= 0.3 is 6.09 Å². The Balaban J connectivity index is 1.82. The number of rotatable bonds is 2. The summed E-state index contributed by atoms with van der Waals surface area (Å²) in [6, 6.07) is 7.95. The van der Waals surface area contributed by atoms with Crippen LogP contribution in [0.2, 0.25) is 0 Å². The molecule has 112 valence electrons. The highest BCUT2D eigenvalue weighted by molar-refractivity contribution is 6.32. The topological polar surface area (TPSA) is 32.8 Å². The van der Waals surface area contributed by atoms with Crippen LogP contribution in [0.25, 0.3) is 0 Å². The first-order valence-corrected chi connectivity index (χ1v) is 7.38. The summed E-state index contributed by atoms with van der Waals surface area (Å²) in [6.45, 7) is 9.66. The molecule has 1 saturated heterocycles. The molecule has 1 aliphatic heterocycles. The van der Waals surface area contributed by atoms with Crippen molar-refractivity contribution in [2.75, 3.05) is 26.2 Å². The Morgan fingerprint density at radius 2 is 1.90 bits per heavy atom. The highest BCUT2D eigenvalue weighted by atomic mass is 16.6. The molecule has 2 radical (unpaired) electrons. The monoisotopic (exact) mass is 286 g/mol. The maximum Gasteiger partial charge on any atom is 0.410 e. The summed E-state index contributed by atoms with van der Waals surface area (Å²) in [4.78, 5) is 16.1. The molecule has 1 aromatic carbocycles. The molecule has 1 aromatic rings. The van der Waals surface area contributed by atoms with Crippen molar-refractivity contribution in [3.8, 4) is 0 Å². The molecule has 4 nitrogen and oxygen atoms in total. The van der Waals surface area contributed by atoms with Gasteiger partial charge in [0.2, 0.25) is 0 Å². The van der Waals surface area contributed by atoms with Gasteiger partial charge in [-0.3, -0.25) is 4.90 Å². The van der Waals surface area contributed by atoms with Gasteiger partial charge in [-0.15, -0.1) is 0 Å². The van der Waals surface area contributed by atoms with Crippen LogP contribution in [0, 0.1) is 0 Å². The van der Waals surface area contributed by atoms with Crippen LogP contribution in [0.5, 0.6) is 0 Å². The molecule has 1 heterocycles. The Morgan fingerprint density at radius 3 is 2.48 bits per heavy atom. The molecule has 0 saturated carbocycles. The van der Waals surface area contributed by atoms with E-state index < -0.39 is 5.60 Å². The number of hydrogen-bond donors (Lipinski definition) is 0. The Morgan fingerprint density at radius 1 is 1.24 bits per heavy atom. The van der Waals surface area contributed by atoms with Gasteiger partial charge < -0.3 is 9.64 Å². The van der Waals surface area contributed by atoms with E-state index in [0.29, 0.717) is 13.1 Å². The molecule has 0 atom stereocenters. The highest BCUT2D eigenvalue weighted by Gasteiger charge is 2.25. The predicted molar refractivity (Wildman–Crippen MR) is 84.9 cm³/mol. The van der Waals surface area contributed by atoms with Gasteiger partial charge in [-0.25, -0.2) is 4.79 Å². The van der Waals surface area contributed by atoms with Crippen LogP contribution in [-0.4, -0.2) is 55.5 Å². The lowest BCUT2D eigenvalue weighted by molar-refractivity contribution is 0.0139. The molecule has 0 unspecified atom stereocenters. The van der Waals surface area contributed by atoms with E-state index in [-0.39, 0.29) is 6.09 Å². The van der Waals surface area contributed by atoms with Gasteiger partial charge in [0.1, 0.15) is 13.4 Å². The lowest BCUT2D eigenvalue weighted by atomic mass is 9.94. The molecule has 5 heteroatoms. The van der Waals surface area contributed by atoms with Crippen molar-refractivity contribution in [2.24, 2.45) is 0 Å². The largest absolute Gasteiger partial charge is 0.444 e. The zero-order valence-corrected chi connectivity index (χ0v) is 13.1. The molecule has 0 aromatic heterocycles. The van der Waals surface area contributed by atoms with Crippen LogP contribution in [0.3, 0.4) is 0 Å². The van der Waals surface area contributed by atoms with Crippen molar-refractivity contribution in [3.63, 3.8) is 0 Å². The fourth-order valence-electron chi connectivity index (χ4n) is 2.36. The fourth-order valence-corrected chi connectivity index (χ4v) is 2.36. The first kappa shape index (κ1) is 15.9. The molecule has 1 amide bonds. The zero-order chi connectivity index (χ0) is 15.5. The number of carbonyl (C=O) groups is 1. The third-order valence-electron chi connectivity index (χ3n) is 3.38. The number of hydrogen-bond acceptors (Lipinski definition) is 3. The lowest BCUT2D eigenvalue weighted by Gasteiger charge is -2.35. The number of amides is 1. The van der Waals surface area contributed by atoms with Gasteiger partial charge in [0.25, 0.3) is 0 Å². The van der Waals surface area contributed by atoms with Gasteiger partial charge in [-0.1, -0.05) is 29.7 Å². The maximum absolute atomic E-state index is 12.0. The minimum Gasteiger partial charge on any atom is -0.444 e. The summed E-state index contributed by atoms with van der Waals surface area (Å²) < 4.78 is 5.40. The molecular formula is C16H23BN2O2. The van der Waals surface area contributed by atoms with Crippen LogP contribution >= 0.6 is 0 Å². The molecule has 2 rings (SSSR count). The Bertz CT molecular complexity index is 491. The van der Waals surface area contributed by atoms with E-state index in [1.165, 1.54) is 5.56 Å². The highest BCUT2D eigenvalue weighted by Crippen LogP contribution is 2.13. The molecule has 21 heavy (non-hydrogen) atoms. The Labute approximate surface area is 128 Å². The van der Waals surface area contributed by atoms with Gasteiger partial charge in [0.05, 0.1) is 0 Å². The van der Waals surface area contributed by atoms with E-state index in [0.717, 1.165) is 25.1 Å². The van der Waals surface area contributed by atoms with Crippen molar-refractivity contribution in [2.45, 2.75) is 32.9 Å². The second-order valence-corrected chi connectivity index (χ2v) is 6.49. The van der Waals surface area contributed by atoms with Crippen LogP contribution in [0.15, 0.2) is 24.3 Å². The van der Waals surface area contributed by atoms with Gasteiger partial charge in [-0.05, 0) is 26.3 Å². The standard InChI is InChI=1S/C16H23BN2O2/c1-16(2,3)21-15(20)19-9-7-18(8-10-19)12-13-5-4-6-14(17)11-13/h4-6,11H,7-10,12H2,1-3H3. The van der Waals surface area contributed by atoms with E-state index in [9.17, 15) is 4.79 Å². The minimum atomic E-state index is -0.435. The summed E-state index contributed by atoms with van der Waals surface area (Å²) in [5.41, 5.74) is 1.57. The van der Waals surface area contributed by atoms with Gasteiger partial charge in [0.15, 0.2) is 0 Å². The van der Waals surface area contributed by atoms with Crippen molar-refractivity contribution in [1.29, 1.82) is 0 Å². The summed E-state index contributed by atoms with van der Waals surface area (Å²) in [5, 5.41) is 0. The van der Waals surface area contributed by atoms with Crippen LogP contribution in [-0.2, 0) is 11.3 Å². The lowest BCUT2D eigenvalue weighted by Crippen LogP contribution is -2.49. The van der Waals surface area contributed by atoms with Crippen molar-refractivity contribution >= 4 is 19.4 Å². The number of ether oxygens (including phenoxy) is 1. The average Bonchev–Trinajstić information content (AvgIpc) is 2.37. The first-order valence-electron chi connectivity index (χ1n) is 7.38. The third-order valence-corrected chi connectivity index (χ3v) is 3.38. The third kappa shape index (κ3) is 5.08. The quantitative estimate of drug-likeness (QED) is 0.773. The van der Waals surface area contributed by atoms with E-state index in [1.54, 1.807) is 4.90 Å². The van der Waals surface area contributed by atoms with Crippen LogP contribution in [0.1, 0.15) is 26.3 Å². The molecule has 0 aliphatic carbocycles. The summed E-state index contributed by atoms with van der Waals surface area (Å²) in [6.07, 6.45) is -0.217. The summed E-state index contributed by atoms with van der Waals surface area (Å²) in [5.74, 6) is 0. The number of nitrogens with zero attached hydrogens (tertiary/aromatic N) is 2. The van der Waals surface area contributed by atoms with Crippen LogP contribution < -0.4 is 5.46 Å². The number of benzene rings is 1. The average molecular weight is 286 g/mol. The van der Waals surface area contributed by atoms with E-state index in [1.807, 2.05) is 39.0 Å². The molecule has 0 spiro atoms.